The van der Waals surface area contributed by atoms with Crippen molar-refractivity contribution in [2.24, 2.45) is 17.3 Å². The molecule has 0 spiro atoms. The second-order valence-corrected chi connectivity index (χ2v) is 17.3. The summed E-state index contributed by atoms with van der Waals surface area (Å²) in [6, 6.07) is 31.7. The summed E-state index contributed by atoms with van der Waals surface area (Å²) < 4.78 is 0. The molecule has 5 rings (SSSR count). The number of nitriles is 1. The summed E-state index contributed by atoms with van der Waals surface area (Å²) in [4.78, 5) is 18.7. The summed E-state index contributed by atoms with van der Waals surface area (Å²) in [7, 11) is 0. The molecule has 4 nitrogen and oxygen atoms in total. The number of aliphatic hydroxyl groups is 1. The first kappa shape index (κ1) is 44.5. The molecular weight excluding hydrogens is 861 g/mol. The second-order valence-electron chi connectivity index (χ2n) is 16.2. The van der Waals surface area contributed by atoms with Crippen molar-refractivity contribution in [3.05, 3.63) is 114 Å². The van der Waals surface area contributed by atoms with E-state index < -0.39 is 0 Å². The van der Waals surface area contributed by atoms with Crippen LogP contribution >= 0.6 is 11.3 Å². The van der Waals surface area contributed by atoms with Gasteiger partial charge in [0.2, 0.25) is 0 Å². The molecule has 1 N–H and O–H groups in total. The molecule has 0 aliphatic rings. The van der Waals surface area contributed by atoms with Crippen LogP contribution in [0.4, 0.5) is 0 Å². The molecule has 2 aromatic heterocycles. The van der Waals surface area contributed by atoms with Gasteiger partial charge in [-0.15, -0.1) is 40.5 Å². The van der Waals surface area contributed by atoms with E-state index in [0.717, 1.165) is 59.2 Å². The van der Waals surface area contributed by atoms with Crippen LogP contribution < -0.4 is 0 Å². The molecule has 54 heavy (non-hydrogen) atoms. The smallest absolute Gasteiger partial charge is 0.162 e. The predicted molar refractivity (Wildman–Crippen MR) is 225 cm³/mol. The van der Waals surface area contributed by atoms with Crippen LogP contribution in [0.3, 0.4) is 0 Å². The van der Waals surface area contributed by atoms with E-state index in [1.165, 1.54) is 33.0 Å². The standard InChI is InChI=1S/C35H33N2S.C13H24O2.Ir/c1-34(2,3)20-23-11-13-24(14-12-23)32-15-16-33(38-32)29-19-31(37-22-27(29)21-36)26-17-25-9-7-8-10-28(25)30(18-26)35(4,5)6;1-5-10(6-2)12(14)9-13(15)11(7-3)8-4;/h7-16,18-19,22H,20H2,1-6H3;9-11,14H,5-8H2,1-4H3;/q-1;;/b;12-9-;. The average Bonchev–Trinajstić information content (AvgIpc) is 3.62. The van der Waals surface area contributed by atoms with E-state index in [1.54, 1.807) is 17.5 Å². The number of hydrogen-bond acceptors (Lipinski definition) is 5. The Bertz CT molecular complexity index is 2070. The molecule has 6 heteroatoms. The van der Waals surface area contributed by atoms with Crippen LogP contribution in [0.1, 0.15) is 112 Å². The van der Waals surface area contributed by atoms with Gasteiger partial charge in [0, 0.05) is 65.2 Å². The number of hydrogen-bond donors (Lipinski definition) is 1. The predicted octanol–water partition coefficient (Wildman–Crippen LogP) is 13.7. The van der Waals surface area contributed by atoms with Crippen LogP contribution in [-0.4, -0.2) is 15.9 Å². The van der Waals surface area contributed by atoms with E-state index in [-0.39, 0.29) is 54.3 Å². The number of carbonyl (C=O) groups is 1. The summed E-state index contributed by atoms with van der Waals surface area (Å²) in [6.07, 6.45) is 7.66. The van der Waals surface area contributed by atoms with Crippen LogP contribution in [0.15, 0.2) is 90.8 Å². The maximum absolute atomic E-state index is 11.7. The maximum Gasteiger partial charge on any atom is 0.162 e. The number of rotatable bonds is 11. The number of nitrogens with zero attached hydrogens (tertiary/aromatic N) is 2. The Kier molecular flexibility index (Phi) is 16.2. The van der Waals surface area contributed by atoms with Gasteiger partial charge in [0.1, 0.15) is 6.07 Å². The molecule has 0 aliphatic carbocycles. The molecule has 0 unspecified atom stereocenters. The quantitative estimate of drug-likeness (QED) is 0.0814. The van der Waals surface area contributed by atoms with E-state index in [4.69, 9.17) is 4.98 Å². The van der Waals surface area contributed by atoms with E-state index in [9.17, 15) is 15.2 Å². The van der Waals surface area contributed by atoms with Gasteiger partial charge in [0.25, 0.3) is 0 Å². The second kappa shape index (κ2) is 19.6. The summed E-state index contributed by atoms with van der Waals surface area (Å²) in [5, 5.41) is 21.9. The van der Waals surface area contributed by atoms with Crippen LogP contribution in [0.2, 0.25) is 0 Å². The number of benzene rings is 3. The first-order chi connectivity index (χ1) is 25.1. The number of pyridine rings is 1. The fourth-order valence-corrected chi connectivity index (χ4v) is 7.74. The summed E-state index contributed by atoms with van der Waals surface area (Å²) in [6.45, 7) is 21.6. The Morgan fingerprint density at radius 3 is 2.06 bits per heavy atom. The molecule has 0 atom stereocenters. The van der Waals surface area contributed by atoms with Crippen LogP contribution in [0.5, 0.6) is 0 Å². The molecule has 5 aromatic rings. The third-order valence-corrected chi connectivity index (χ3v) is 11.0. The SMILES string of the molecule is CC(C)(C)Cc1ccc(-c2ccc(-c3cc(-c4[c-]c5ccccc5c(C(C)(C)C)c4)ncc3C#N)s2)cc1.CCC(CC)C(=O)/C=C(\O)C(CC)CC.[Ir]. The number of carbonyl (C=O) groups excluding carboxylic acids is 1. The third-order valence-electron chi connectivity index (χ3n) is 9.81. The molecule has 2 heterocycles. The minimum absolute atomic E-state index is 0. The molecule has 0 saturated carbocycles. The number of thiophene rings is 1. The fourth-order valence-electron chi connectivity index (χ4n) is 6.70. The normalized spacial score (nSPS) is 11.9. The zero-order chi connectivity index (χ0) is 38.9. The largest absolute Gasteiger partial charge is 0.512 e. The number of ketones is 1. The molecule has 0 saturated heterocycles. The average molecular weight is 918 g/mol. The van der Waals surface area contributed by atoms with Crippen molar-refractivity contribution in [2.45, 2.75) is 107 Å². The van der Waals surface area contributed by atoms with Gasteiger partial charge >= 0.3 is 0 Å². The number of aromatic nitrogens is 1. The minimum atomic E-state index is -0.0238. The van der Waals surface area contributed by atoms with Crippen molar-refractivity contribution in [2.75, 3.05) is 0 Å². The van der Waals surface area contributed by atoms with Gasteiger partial charge in [-0.1, -0.05) is 129 Å². The van der Waals surface area contributed by atoms with Crippen LogP contribution in [0, 0.1) is 34.6 Å². The van der Waals surface area contributed by atoms with E-state index >= 15 is 0 Å². The first-order valence-electron chi connectivity index (χ1n) is 19.1. The van der Waals surface area contributed by atoms with Crippen LogP contribution in [-0.2, 0) is 36.7 Å². The van der Waals surface area contributed by atoms with Gasteiger partial charge in [-0.3, -0.25) is 9.78 Å². The van der Waals surface area contributed by atoms with E-state index in [1.807, 2.05) is 33.8 Å². The van der Waals surface area contributed by atoms with Gasteiger partial charge in [0.05, 0.1) is 11.3 Å². The van der Waals surface area contributed by atoms with Crippen molar-refractivity contribution in [3.63, 3.8) is 0 Å². The maximum atomic E-state index is 11.7. The van der Waals surface area contributed by atoms with Crippen molar-refractivity contribution >= 4 is 27.9 Å². The minimum Gasteiger partial charge on any atom is -0.512 e. The van der Waals surface area contributed by atoms with E-state index in [2.05, 4.69) is 120 Å². The van der Waals surface area contributed by atoms with Gasteiger partial charge in [-0.05, 0) is 66.2 Å². The molecular formula is C48H57IrN2O2S-. The monoisotopic (exact) mass is 918 g/mol. The van der Waals surface area contributed by atoms with Crippen molar-refractivity contribution in [3.8, 4) is 38.2 Å². The Morgan fingerprint density at radius 2 is 1.48 bits per heavy atom. The first-order valence-corrected chi connectivity index (χ1v) is 19.9. The van der Waals surface area contributed by atoms with Gasteiger partial charge < -0.3 is 5.11 Å². The Morgan fingerprint density at radius 1 is 0.870 bits per heavy atom. The van der Waals surface area contributed by atoms with Gasteiger partial charge in [-0.25, -0.2) is 0 Å². The topological polar surface area (TPSA) is 74.0 Å². The molecule has 3 aromatic carbocycles. The van der Waals surface area contributed by atoms with Crippen molar-refractivity contribution in [1.29, 1.82) is 5.26 Å². The Hall–Kier alpha value is -3.88. The summed E-state index contributed by atoms with van der Waals surface area (Å²) in [5.41, 5.74) is 7.33. The van der Waals surface area contributed by atoms with Crippen LogP contribution in [0.25, 0.3) is 42.9 Å². The molecule has 0 aliphatic heterocycles. The Balaban J connectivity index is 0.000000418. The number of allylic oxidation sites excluding steroid dienone is 2. The number of aliphatic hydroxyl groups excluding tert-OH is 1. The van der Waals surface area contributed by atoms with Crippen molar-refractivity contribution < 1.29 is 30.0 Å². The zero-order valence-electron chi connectivity index (χ0n) is 33.8. The molecule has 1 radical (unpaired) electrons. The fraction of sp³-hybridized carbons (Fsp3) is 0.396. The summed E-state index contributed by atoms with van der Waals surface area (Å²) >= 11 is 1.71. The summed E-state index contributed by atoms with van der Waals surface area (Å²) in [5.74, 6) is 0.547. The molecule has 0 bridgehead atoms. The molecule has 287 valence electrons. The van der Waals surface area contributed by atoms with E-state index in [0.29, 0.717) is 5.56 Å². The number of fused-ring (bicyclic) bond motifs is 1. The van der Waals surface area contributed by atoms with Crippen molar-refractivity contribution in [1.82, 2.24) is 4.98 Å². The van der Waals surface area contributed by atoms with Gasteiger partial charge in [-0.2, -0.15) is 5.26 Å². The molecule has 0 fully saturated rings. The molecule has 0 amide bonds. The van der Waals surface area contributed by atoms with Gasteiger partial charge in [0.15, 0.2) is 5.78 Å². The third kappa shape index (κ3) is 11.6. The zero-order valence-corrected chi connectivity index (χ0v) is 37.0. The Labute approximate surface area is 342 Å².